The summed E-state index contributed by atoms with van der Waals surface area (Å²) in [6, 6.07) is 6.50. The number of urea groups is 1. The minimum Gasteiger partial charge on any atom is -0.482 e. The lowest BCUT2D eigenvalue weighted by atomic mass is 10.3. The topological polar surface area (TPSA) is 90.9 Å². The number of carboxylic acids is 1. The molecule has 1 aromatic rings. The van der Waals surface area contributed by atoms with E-state index in [1.54, 1.807) is 29.2 Å². The predicted octanol–water partition coefficient (Wildman–Crippen LogP) is 0.977. The molecule has 21 heavy (non-hydrogen) atoms. The van der Waals surface area contributed by atoms with Crippen LogP contribution >= 0.6 is 0 Å². The molecule has 1 heterocycles. The number of anilines is 1. The van der Waals surface area contributed by atoms with Gasteiger partial charge in [0.25, 0.3) is 0 Å². The van der Waals surface area contributed by atoms with Gasteiger partial charge in [-0.3, -0.25) is 0 Å². The van der Waals surface area contributed by atoms with Crippen molar-refractivity contribution in [1.29, 1.82) is 0 Å². The lowest BCUT2D eigenvalue weighted by molar-refractivity contribution is -0.139. The average Bonchev–Trinajstić information content (AvgIpc) is 2.75. The highest BCUT2D eigenvalue weighted by atomic mass is 16.5. The third-order valence-corrected chi connectivity index (χ3v) is 3.10. The van der Waals surface area contributed by atoms with E-state index >= 15 is 0 Å². The van der Waals surface area contributed by atoms with Crippen LogP contribution < -0.4 is 15.4 Å². The van der Waals surface area contributed by atoms with Crippen LogP contribution in [0.4, 0.5) is 10.5 Å². The molecule has 1 saturated heterocycles. The number of nitrogens with zero attached hydrogens (tertiary/aromatic N) is 1. The second-order valence-corrected chi connectivity index (χ2v) is 4.73. The highest BCUT2D eigenvalue weighted by Crippen LogP contribution is 2.16. The quantitative estimate of drug-likeness (QED) is 0.769. The van der Waals surface area contributed by atoms with Gasteiger partial charge in [-0.05, 0) is 37.2 Å². The Labute approximate surface area is 122 Å². The lowest BCUT2D eigenvalue weighted by Crippen LogP contribution is -2.37. The fourth-order valence-corrected chi connectivity index (χ4v) is 2.03. The zero-order chi connectivity index (χ0) is 15.1. The van der Waals surface area contributed by atoms with Crippen molar-refractivity contribution >= 4 is 17.7 Å². The number of rotatable bonds is 4. The van der Waals surface area contributed by atoms with E-state index in [0.29, 0.717) is 18.0 Å². The van der Waals surface area contributed by atoms with E-state index < -0.39 is 5.97 Å². The molecule has 0 aliphatic carbocycles. The molecule has 2 amide bonds. The molecule has 3 N–H and O–H groups in total. The first-order valence-electron chi connectivity index (χ1n) is 6.86. The molecule has 1 fully saturated rings. The number of aliphatic carboxylic acids is 1. The van der Waals surface area contributed by atoms with Gasteiger partial charge in [0.05, 0.1) is 0 Å². The average molecular weight is 293 g/mol. The maximum Gasteiger partial charge on any atom is 0.341 e. The number of carbonyl (C=O) groups excluding carboxylic acids is 1. The van der Waals surface area contributed by atoms with Crippen molar-refractivity contribution in [2.24, 2.45) is 0 Å². The van der Waals surface area contributed by atoms with Gasteiger partial charge in [0, 0.05) is 25.3 Å². The van der Waals surface area contributed by atoms with E-state index in [4.69, 9.17) is 9.84 Å². The van der Waals surface area contributed by atoms with Crippen LogP contribution in [-0.4, -0.2) is 54.8 Å². The lowest BCUT2D eigenvalue weighted by Gasteiger charge is -2.20. The number of carbonyl (C=O) groups is 2. The standard InChI is InChI=1S/C14H19N3O4/c18-13(19)10-21-12-4-2-11(3-5-12)16-14(20)17-8-1-6-15-7-9-17/h2-5,15H,1,6-10H2,(H,16,20)(H,18,19). The molecular formula is C14H19N3O4. The Kier molecular flexibility index (Phi) is 5.39. The molecule has 7 heteroatoms. The second kappa shape index (κ2) is 7.49. The molecule has 7 nitrogen and oxygen atoms in total. The van der Waals surface area contributed by atoms with Gasteiger partial charge < -0.3 is 25.4 Å². The van der Waals surface area contributed by atoms with E-state index in [-0.39, 0.29) is 12.6 Å². The number of ether oxygens (including phenoxy) is 1. The summed E-state index contributed by atoms with van der Waals surface area (Å²) in [4.78, 5) is 24.3. The van der Waals surface area contributed by atoms with Crippen molar-refractivity contribution in [3.05, 3.63) is 24.3 Å². The normalized spacial score (nSPS) is 15.1. The zero-order valence-corrected chi connectivity index (χ0v) is 11.7. The van der Waals surface area contributed by atoms with Crippen LogP contribution in [-0.2, 0) is 4.79 Å². The highest BCUT2D eigenvalue weighted by Gasteiger charge is 2.15. The first-order valence-corrected chi connectivity index (χ1v) is 6.86. The minimum atomic E-state index is -1.03. The van der Waals surface area contributed by atoms with Gasteiger partial charge in [0.1, 0.15) is 5.75 Å². The molecule has 0 atom stereocenters. The van der Waals surface area contributed by atoms with Gasteiger partial charge in [0.15, 0.2) is 6.61 Å². The Morgan fingerprint density at radius 3 is 2.71 bits per heavy atom. The first-order chi connectivity index (χ1) is 10.1. The highest BCUT2D eigenvalue weighted by molar-refractivity contribution is 5.89. The fraction of sp³-hybridized carbons (Fsp3) is 0.429. The van der Waals surface area contributed by atoms with Gasteiger partial charge in [-0.25, -0.2) is 9.59 Å². The molecule has 1 aromatic carbocycles. The monoisotopic (exact) mass is 293 g/mol. The van der Waals surface area contributed by atoms with Gasteiger partial charge >= 0.3 is 12.0 Å². The van der Waals surface area contributed by atoms with Crippen molar-refractivity contribution in [3.63, 3.8) is 0 Å². The SMILES string of the molecule is O=C(O)COc1ccc(NC(=O)N2CCCNCC2)cc1. The molecule has 0 bridgehead atoms. The summed E-state index contributed by atoms with van der Waals surface area (Å²) in [5, 5.41) is 14.6. The second-order valence-electron chi connectivity index (χ2n) is 4.73. The van der Waals surface area contributed by atoms with Crippen LogP contribution in [0, 0.1) is 0 Å². The van der Waals surface area contributed by atoms with Gasteiger partial charge in [-0.1, -0.05) is 0 Å². The molecule has 0 aromatic heterocycles. The Morgan fingerprint density at radius 2 is 2.00 bits per heavy atom. The molecule has 2 rings (SSSR count). The summed E-state index contributed by atoms with van der Waals surface area (Å²) < 4.78 is 5.03. The van der Waals surface area contributed by atoms with Gasteiger partial charge in [-0.15, -0.1) is 0 Å². The van der Waals surface area contributed by atoms with Crippen molar-refractivity contribution in [2.45, 2.75) is 6.42 Å². The van der Waals surface area contributed by atoms with Crippen LogP contribution in [0.25, 0.3) is 0 Å². The summed E-state index contributed by atoms with van der Waals surface area (Å²) in [6.45, 7) is 2.77. The van der Waals surface area contributed by atoms with Crippen molar-refractivity contribution in [1.82, 2.24) is 10.2 Å². The zero-order valence-electron chi connectivity index (χ0n) is 11.7. The molecule has 0 radical (unpaired) electrons. The molecule has 1 aliphatic rings. The Morgan fingerprint density at radius 1 is 1.24 bits per heavy atom. The van der Waals surface area contributed by atoms with Crippen LogP contribution in [0.3, 0.4) is 0 Å². The minimum absolute atomic E-state index is 0.127. The van der Waals surface area contributed by atoms with E-state index in [9.17, 15) is 9.59 Å². The number of hydrogen-bond acceptors (Lipinski definition) is 4. The largest absolute Gasteiger partial charge is 0.482 e. The molecular weight excluding hydrogens is 274 g/mol. The van der Waals surface area contributed by atoms with Crippen molar-refractivity contribution < 1.29 is 19.4 Å². The smallest absolute Gasteiger partial charge is 0.341 e. The first kappa shape index (κ1) is 15.1. The number of carboxylic acid groups (broad SMARTS) is 1. The molecule has 1 aliphatic heterocycles. The molecule has 0 spiro atoms. The molecule has 0 saturated carbocycles. The summed E-state index contributed by atoms with van der Waals surface area (Å²) in [7, 11) is 0. The van der Waals surface area contributed by atoms with Crippen LogP contribution in [0.15, 0.2) is 24.3 Å². The Hall–Kier alpha value is -2.28. The van der Waals surface area contributed by atoms with E-state index in [0.717, 1.165) is 26.1 Å². The predicted molar refractivity (Wildman–Crippen MR) is 77.7 cm³/mol. The summed E-state index contributed by atoms with van der Waals surface area (Å²) in [6.07, 6.45) is 0.940. The van der Waals surface area contributed by atoms with Crippen LogP contribution in [0.1, 0.15) is 6.42 Å². The summed E-state index contributed by atoms with van der Waals surface area (Å²) >= 11 is 0. The maximum atomic E-state index is 12.1. The van der Waals surface area contributed by atoms with E-state index in [2.05, 4.69) is 10.6 Å². The van der Waals surface area contributed by atoms with Crippen molar-refractivity contribution in [3.8, 4) is 5.75 Å². The third-order valence-electron chi connectivity index (χ3n) is 3.10. The molecule has 114 valence electrons. The fourth-order valence-electron chi connectivity index (χ4n) is 2.03. The maximum absolute atomic E-state index is 12.1. The van der Waals surface area contributed by atoms with Gasteiger partial charge in [-0.2, -0.15) is 0 Å². The summed E-state index contributed by atoms with van der Waals surface area (Å²) in [5.41, 5.74) is 0.653. The van der Waals surface area contributed by atoms with Crippen LogP contribution in [0.2, 0.25) is 0 Å². The number of amides is 2. The molecule has 0 unspecified atom stereocenters. The number of hydrogen-bond donors (Lipinski definition) is 3. The van der Waals surface area contributed by atoms with E-state index in [1.165, 1.54) is 0 Å². The van der Waals surface area contributed by atoms with E-state index in [1.807, 2.05) is 0 Å². The number of benzene rings is 1. The van der Waals surface area contributed by atoms with Gasteiger partial charge in [0.2, 0.25) is 0 Å². The Balaban J connectivity index is 1.87. The van der Waals surface area contributed by atoms with Crippen LogP contribution in [0.5, 0.6) is 5.75 Å². The van der Waals surface area contributed by atoms with Crippen molar-refractivity contribution in [2.75, 3.05) is 38.1 Å². The summed E-state index contributed by atoms with van der Waals surface area (Å²) in [5.74, 6) is -0.573. The third kappa shape index (κ3) is 4.96. The Bertz CT molecular complexity index is 481. The number of nitrogens with one attached hydrogen (secondary N) is 2.